The smallest absolute Gasteiger partial charge is 0.179 e. The molecule has 0 bridgehead atoms. The van der Waals surface area contributed by atoms with E-state index < -0.39 is 0 Å². The van der Waals surface area contributed by atoms with Crippen molar-refractivity contribution in [2.45, 2.75) is 19.8 Å². The van der Waals surface area contributed by atoms with Crippen molar-refractivity contribution in [1.82, 2.24) is 20.3 Å². The van der Waals surface area contributed by atoms with Gasteiger partial charge >= 0.3 is 0 Å². The van der Waals surface area contributed by atoms with Crippen molar-refractivity contribution in [3.8, 4) is 0 Å². The van der Waals surface area contributed by atoms with E-state index in [1.54, 1.807) is 0 Å². The third kappa shape index (κ3) is 2.55. The topological polar surface area (TPSA) is 65.6 Å². The summed E-state index contributed by atoms with van der Waals surface area (Å²) in [5.41, 5.74) is 1.76. The zero-order valence-corrected chi connectivity index (χ0v) is 10.5. The number of rotatable bonds is 5. The molecule has 0 amide bonds. The van der Waals surface area contributed by atoms with Gasteiger partial charge in [-0.2, -0.15) is 0 Å². The Morgan fingerprint density at radius 2 is 2.18 bits per heavy atom. The summed E-state index contributed by atoms with van der Waals surface area (Å²) in [6, 6.07) is 3.95. The number of H-pyrrole nitrogens is 1. The number of anilines is 1. The van der Waals surface area contributed by atoms with Gasteiger partial charge in [-0.05, 0) is 18.7 Å². The third-order valence-corrected chi connectivity index (χ3v) is 2.79. The number of nitrogens with one attached hydrogen (secondary N) is 3. The van der Waals surface area contributed by atoms with E-state index in [1.807, 2.05) is 19.2 Å². The molecule has 0 radical (unpaired) electrons. The van der Waals surface area contributed by atoms with Gasteiger partial charge in [0.2, 0.25) is 0 Å². The summed E-state index contributed by atoms with van der Waals surface area (Å²) in [5.74, 6) is 2.19. The molecule has 3 N–H and O–H groups in total. The Hall–Kier alpha value is -1.62. The predicted octanol–water partition coefficient (Wildman–Crippen LogP) is 1.71. The lowest BCUT2D eigenvalue weighted by Gasteiger charge is -2.07. The Bertz CT molecular complexity index is 491. The van der Waals surface area contributed by atoms with Gasteiger partial charge in [-0.3, -0.25) is 0 Å². The summed E-state index contributed by atoms with van der Waals surface area (Å²) >= 11 is 0. The second-order valence-corrected chi connectivity index (χ2v) is 4.15. The highest BCUT2D eigenvalue weighted by Gasteiger charge is 2.11. The fraction of sp³-hybridized carbons (Fsp3) is 0.500. The fourth-order valence-corrected chi connectivity index (χ4v) is 1.74. The maximum absolute atomic E-state index is 4.53. The largest absolute Gasteiger partial charge is 0.373 e. The van der Waals surface area contributed by atoms with Crippen molar-refractivity contribution < 1.29 is 0 Å². The molecule has 5 heteroatoms. The zero-order chi connectivity index (χ0) is 12.3. The number of nitrogens with zero attached hydrogens (tertiary/aromatic N) is 2. The highest BCUT2D eigenvalue weighted by Crippen LogP contribution is 2.17. The van der Waals surface area contributed by atoms with Crippen LogP contribution in [0.25, 0.3) is 11.2 Å². The minimum atomic E-state index is 0.363. The maximum atomic E-state index is 4.53. The molecule has 0 aliphatic heterocycles. The van der Waals surface area contributed by atoms with Gasteiger partial charge in [-0.25, -0.2) is 9.97 Å². The van der Waals surface area contributed by atoms with E-state index in [-0.39, 0.29) is 0 Å². The van der Waals surface area contributed by atoms with Crippen LogP contribution < -0.4 is 10.6 Å². The number of imidazole rings is 1. The molecule has 17 heavy (non-hydrogen) atoms. The Kier molecular flexibility index (Phi) is 3.58. The summed E-state index contributed by atoms with van der Waals surface area (Å²) in [6.07, 6.45) is 0. The highest BCUT2D eigenvalue weighted by molar-refractivity contribution is 5.72. The minimum absolute atomic E-state index is 0.363. The molecule has 0 aliphatic carbocycles. The molecule has 0 saturated heterocycles. The van der Waals surface area contributed by atoms with Crippen LogP contribution in [0, 0.1) is 0 Å². The van der Waals surface area contributed by atoms with Crippen LogP contribution in [0.1, 0.15) is 25.6 Å². The molecule has 0 saturated carbocycles. The molecule has 2 rings (SSSR count). The van der Waals surface area contributed by atoms with Crippen LogP contribution in [-0.2, 0) is 0 Å². The lowest BCUT2D eigenvalue weighted by Crippen LogP contribution is -2.20. The molecule has 0 fully saturated rings. The van der Waals surface area contributed by atoms with E-state index in [4.69, 9.17) is 0 Å². The van der Waals surface area contributed by atoms with Crippen molar-refractivity contribution in [2.75, 3.05) is 25.5 Å². The van der Waals surface area contributed by atoms with Gasteiger partial charge in [-0.1, -0.05) is 13.8 Å². The second kappa shape index (κ2) is 5.14. The number of likely N-dealkylation sites (N-methyl/N-ethyl adjacent to an activating group) is 1. The number of aromatic nitrogens is 3. The quantitative estimate of drug-likeness (QED) is 0.735. The first kappa shape index (κ1) is 11.9. The van der Waals surface area contributed by atoms with Crippen LogP contribution in [-0.4, -0.2) is 35.1 Å². The zero-order valence-electron chi connectivity index (χ0n) is 10.5. The van der Waals surface area contributed by atoms with Gasteiger partial charge < -0.3 is 15.6 Å². The van der Waals surface area contributed by atoms with Gasteiger partial charge in [0.05, 0.1) is 5.52 Å². The molecule has 1 unspecified atom stereocenters. The van der Waals surface area contributed by atoms with Gasteiger partial charge in [0.1, 0.15) is 11.6 Å². The lowest BCUT2D eigenvalue weighted by molar-refractivity contribution is 0.614. The van der Waals surface area contributed by atoms with Crippen molar-refractivity contribution in [2.24, 2.45) is 0 Å². The van der Waals surface area contributed by atoms with Gasteiger partial charge in [0.25, 0.3) is 0 Å². The molecule has 92 valence electrons. The normalized spacial score (nSPS) is 12.9. The summed E-state index contributed by atoms with van der Waals surface area (Å²) in [5, 5.41) is 6.34. The number of aromatic amines is 1. The van der Waals surface area contributed by atoms with E-state index in [9.17, 15) is 0 Å². The second-order valence-electron chi connectivity index (χ2n) is 4.15. The number of hydrogen-bond donors (Lipinski definition) is 3. The SMILES string of the molecule is CCNCC(C)c1nc2nc(NC)ccc2[nH]1. The third-order valence-electron chi connectivity index (χ3n) is 2.79. The average molecular weight is 233 g/mol. The van der Waals surface area contributed by atoms with Gasteiger partial charge in [0, 0.05) is 19.5 Å². The molecule has 2 aromatic heterocycles. The molecule has 0 spiro atoms. The van der Waals surface area contributed by atoms with E-state index in [2.05, 4.69) is 39.4 Å². The highest BCUT2D eigenvalue weighted by atomic mass is 15.0. The van der Waals surface area contributed by atoms with E-state index in [0.29, 0.717) is 5.92 Å². The van der Waals surface area contributed by atoms with Crippen molar-refractivity contribution >= 4 is 17.0 Å². The first-order valence-electron chi connectivity index (χ1n) is 5.99. The molecule has 2 aromatic rings. The summed E-state index contributed by atoms with van der Waals surface area (Å²) in [4.78, 5) is 12.2. The first-order chi connectivity index (χ1) is 8.24. The molecular weight excluding hydrogens is 214 g/mol. The molecule has 5 nitrogen and oxygen atoms in total. The van der Waals surface area contributed by atoms with Crippen LogP contribution in [0.5, 0.6) is 0 Å². The Balaban J connectivity index is 2.24. The van der Waals surface area contributed by atoms with Crippen LogP contribution in [0.2, 0.25) is 0 Å². The standard InChI is InChI=1S/C12H19N5/c1-4-14-7-8(2)11-15-9-5-6-10(13-3)16-12(9)17-11/h5-6,8,14H,4,7H2,1-3H3,(H2,13,15,16,17). The van der Waals surface area contributed by atoms with Crippen LogP contribution in [0.4, 0.5) is 5.82 Å². The molecule has 0 aromatic carbocycles. The average Bonchev–Trinajstić information content (AvgIpc) is 2.78. The van der Waals surface area contributed by atoms with Crippen molar-refractivity contribution in [3.05, 3.63) is 18.0 Å². The predicted molar refractivity (Wildman–Crippen MR) is 70.4 cm³/mol. The number of hydrogen-bond acceptors (Lipinski definition) is 4. The molecular formula is C12H19N5. The first-order valence-corrected chi connectivity index (χ1v) is 5.99. The molecule has 0 aliphatic rings. The Labute approximate surface area is 101 Å². The van der Waals surface area contributed by atoms with Crippen LogP contribution in [0.15, 0.2) is 12.1 Å². The van der Waals surface area contributed by atoms with Crippen molar-refractivity contribution in [1.29, 1.82) is 0 Å². The van der Waals surface area contributed by atoms with Gasteiger partial charge in [0.15, 0.2) is 5.65 Å². The number of pyridine rings is 1. The summed E-state index contributed by atoms with van der Waals surface area (Å²) in [7, 11) is 1.86. The molecule has 2 heterocycles. The summed E-state index contributed by atoms with van der Waals surface area (Å²) in [6.45, 7) is 6.16. The minimum Gasteiger partial charge on any atom is -0.373 e. The van der Waals surface area contributed by atoms with Crippen LogP contribution in [0.3, 0.4) is 0 Å². The van der Waals surface area contributed by atoms with Crippen molar-refractivity contribution in [3.63, 3.8) is 0 Å². The maximum Gasteiger partial charge on any atom is 0.179 e. The van der Waals surface area contributed by atoms with Gasteiger partial charge in [-0.15, -0.1) is 0 Å². The Morgan fingerprint density at radius 1 is 1.35 bits per heavy atom. The monoisotopic (exact) mass is 233 g/mol. The number of fused-ring (bicyclic) bond motifs is 1. The van der Waals surface area contributed by atoms with E-state index in [0.717, 1.165) is 35.9 Å². The fourth-order valence-electron chi connectivity index (χ4n) is 1.74. The van der Waals surface area contributed by atoms with E-state index >= 15 is 0 Å². The van der Waals surface area contributed by atoms with E-state index in [1.165, 1.54) is 0 Å². The Morgan fingerprint density at radius 3 is 2.88 bits per heavy atom. The summed E-state index contributed by atoms with van der Waals surface area (Å²) < 4.78 is 0. The lowest BCUT2D eigenvalue weighted by atomic mass is 10.2. The molecule has 1 atom stereocenters. The van der Waals surface area contributed by atoms with Crippen LogP contribution >= 0.6 is 0 Å².